The second-order valence-electron chi connectivity index (χ2n) is 17.4. The number of carbonyl (C=O) groups is 3. The molecule has 1 spiro atoms. The van der Waals surface area contributed by atoms with Crippen LogP contribution in [0.15, 0.2) is 53.4 Å². The van der Waals surface area contributed by atoms with Gasteiger partial charge in [-0.2, -0.15) is 0 Å². The third kappa shape index (κ3) is 8.20. The number of nitrogens with zero attached hydrogens (tertiary/aromatic N) is 3. The van der Waals surface area contributed by atoms with Crippen LogP contribution in [0, 0.1) is 11.8 Å². The molecule has 1 N–H and O–H groups in total. The van der Waals surface area contributed by atoms with Crippen LogP contribution in [-0.4, -0.2) is 106 Å². The molecule has 2 fully saturated rings. The Balaban J connectivity index is 1.18. The second kappa shape index (κ2) is 15.1. The summed E-state index contributed by atoms with van der Waals surface area (Å²) in [6.07, 6.45) is 6.43. The summed E-state index contributed by atoms with van der Waals surface area (Å²) in [5.41, 5.74) is 0.462. The van der Waals surface area contributed by atoms with Gasteiger partial charge in [0.1, 0.15) is 23.1 Å². The van der Waals surface area contributed by atoms with E-state index in [2.05, 4.69) is 15.7 Å². The van der Waals surface area contributed by atoms with Gasteiger partial charge in [0.05, 0.1) is 29.8 Å². The number of likely N-dealkylation sites (N-methyl/N-ethyl adjacent to an activating group) is 1. The van der Waals surface area contributed by atoms with E-state index in [4.69, 9.17) is 30.5 Å². The van der Waals surface area contributed by atoms with Crippen LogP contribution in [0.3, 0.4) is 0 Å². The molecule has 7 rings (SSSR count). The molecule has 3 heterocycles. The lowest BCUT2D eigenvalue weighted by atomic mass is 9.68. The van der Waals surface area contributed by atoms with Gasteiger partial charge in [0.15, 0.2) is 0 Å². The van der Waals surface area contributed by atoms with Crippen molar-refractivity contribution in [1.82, 2.24) is 14.5 Å². The molecular weight excluding hydrogens is 760 g/mol. The van der Waals surface area contributed by atoms with E-state index in [9.17, 15) is 22.8 Å². The Hall–Kier alpha value is -4.01. The average molecular weight is 813 g/mol. The van der Waals surface area contributed by atoms with E-state index in [-0.39, 0.29) is 29.4 Å². The number of amides is 3. The summed E-state index contributed by atoms with van der Waals surface area (Å²) in [6.45, 7) is 10.6. The maximum absolute atomic E-state index is 13.7. The number of ether oxygens (including phenoxy) is 4. The zero-order chi connectivity index (χ0) is 40.2. The molecule has 1 saturated heterocycles. The number of anilines is 1. The summed E-state index contributed by atoms with van der Waals surface area (Å²) < 4.78 is 53.9. The Bertz CT molecular complexity index is 2010. The number of sulfonamides is 1. The lowest BCUT2D eigenvalue weighted by molar-refractivity contribution is -0.139. The fourth-order valence-corrected chi connectivity index (χ4v) is 9.72. The Labute approximate surface area is 334 Å². The summed E-state index contributed by atoms with van der Waals surface area (Å²) in [5.74, 6) is -0.223. The third-order valence-corrected chi connectivity index (χ3v) is 13.5. The lowest BCUT2D eigenvalue weighted by Gasteiger charge is -2.47. The molecule has 3 aliphatic heterocycles. The van der Waals surface area contributed by atoms with Crippen LogP contribution in [0.1, 0.15) is 71.4 Å². The van der Waals surface area contributed by atoms with E-state index in [1.165, 1.54) is 35.9 Å². The van der Waals surface area contributed by atoms with Crippen molar-refractivity contribution >= 4 is 45.4 Å². The van der Waals surface area contributed by atoms with Crippen molar-refractivity contribution in [3.8, 4) is 5.75 Å². The highest BCUT2D eigenvalue weighted by atomic mass is 35.5. The second-order valence-corrected chi connectivity index (χ2v) is 19.5. The standard InChI is InChI=1S/C41H53ClN4O9S/c1-39(2,3)55-37(48)44(6)29-22-45(23-29)38(49)54-34-10-8-18-53-40(4,5)36(47)43-56(50,51)30-13-16-35-33(20-30)46(21-27-11-14-31(27)34)24-41(25-52-35)17-7-9-26-19-28(42)12-15-32(26)41/h8,10,12-13,15-16,19-20,27,29,31,34H,7,9,11,14,17-18,21-25H2,1-6H3,(H,43,47)/t27-,31+,34-,41-/m0/s1. The van der Waals surface area contributed by atoms with Crippen molar-refractivity contribution < 1.29 is 41.7 Å². The van der Waals surface area contributed by atoms with Gasteiger partial charge in [0.25, 0.3) is 15.9 Å². The van der Waals surface area contributed by atoms with Crippen molar-refractivity contribution in [3.63, 3.8) is 0 Å². The fourth-order valence-electron chi connectivity index (χ4n) is 8.41. The molecule has 5 aliphatic rings. The molecule has 0 unspecified atom stereocenters. The maximum Gasteiger partial charge on any atom is 0.410 e. The first-order chi connectivity index (χ1) is 26.3. The van der Waals surface area contributed by atoms with Gasteiger partial charge in [-0.3, -0.25) is 4.79 Å². The lowest BCUT2D eigenvalue weighted by Crippen LogP contribution is -2.62. The Morgan fingerprint density at radius 3 is 2.55 bits per heavy atom. The van der Waals surface area contributed by atoms with Gasteiger partial charge in [0, 0.05) is 49.6 Å². The van der Waals surface area contributed by atoms with Crippen molar-refractivity contribution in [2.75, 3.05) is 51.3 Å². The number of halogens is 1. The van der Waals surface area contributed by atoms with E-state index in [0.717, 1.165) is 32.1 Å². The molecule has 0 radical (unpaired) electrons. The van der Waals surface area contributed by atoms with Crippen molar-refractivity contribution in [1.29, 1.82) is 0 Å². The van der Waals surface area contributed by atoms with E-state index in [0.29, 0.717) is 49.2 Å². The SMILES string of the molecule is CN(C(=O)OC(C)(C)C)C1CN(C(=O)O[C@H]2C=CCOC(C)(C)C(=O)NS(=O)(=O)c3ccc4c(c3)N(C[C@@H]3CC[C@H]32)C[C@@]2(CCCc3cc(Cl)ccc32)CO4)C1. The normalized spacial score (nSPS) is 27.3. The Morgan fingerprint density at radius 1 is 1.07 bits per heavy atom. The van der Waals surface area contributed by atoms with E-state index >= 15 is 0 Å². The first kappa shape index (κ1) is 40.2. The fraction of sp³-hybridized carbons (Fsp3) is 0.585. The first-order valence-electron chi connectivity index (χ1n) is 19.4. The monoisotopic (exact) mass is 812 g/mol. The number of rotatable bonds is 2. The Kier molecular flexibility index (Phi) is 10.8. The van der Waals surface area contributed by atoms with E-state index in [1.807, 2.05) is 39.0 Å². The molecule has 2 aliphatic carbocycles. The van der Waals surface area contributed by atoms with Gasteiger partial charge in [0.2, 0.25) is 0 Å². The summed E-state index contributed by atoms with van der Waals surface area (Å²) in [7, 11) is -2.61. The minimum absolute atomic E-state index is 0.0212. The van der Waals surface area contributed by atoms with E-state index < -0.39 is 50.8 Å². The molecule has 15 heteroatoms. The molecule has 2 aromatic carbocycles. The van der Waals surface area contributed by atoms with Crippen molar-refractivity contribution in [2.45, 2.75) is 100 Å². The number of carbonyl (C=O) groups excluding carboxylic acids is 3. The first-order valence-corrected chi connectivity index (χ1v) is 21.3. The summed E-state index contributed by atoms with van der Waals surface area (Å²) >= 11 is 6.45. The highest BCUT2D eigenvalue weighted by molar-refractivity contribution is 7.90. The van der Waals surface area contributed by atoms with Gasteiger partial charge in [-0.05, 0) is 120 Å². The number of benzene rings is 2. The van der Waals surface area contributed by atoms with Crippen LogP contribution in [0.5, 0.6) is 5.75 Å². The molecular formula is C41H53ClN4O9S. The molecule has 56 heavy (non-hydrogen) atoms. The summed E-state index contributed by atoms with van der Waals surface area (Å²) in [6, 6.07) is 10.6. The van der Waals surface area contributed by atoms with Crippen LogP contribution in [0.4, 0.5) is 15.3 Å². The molecule has 0 aromatic heterocycles. The zero-order valence-electron chi connectivity index (χ0n) is 33.0. The minimum atomic E-state index is -4.28. The summed E-state index contributed by atoms with van der Waals surface area (Å²) in [4.78, 5) is 44.9. The number of aryl methyl sites for hydroxylation is 1. The minimum Gasteiger partial charge on any atom is -0.490 e. The van der Waals surface area contributed by atoms with Crippen LogP contribution in [0.25, 0.3) is 0 Å². The van der Waals surface area contributed by atoms with Crippen LogP contribution < -0.4 is 14.4 Å². The average Bonchev–Trinajstić information content (AvgIpc) is 3.23. The molecule has 4 atom stereocenters. The largest absolute Gasteiger partial charge is 0.490 e. The Morgan fingerprint density at radius 2 is 1.84 bits per heavy atom. The molecule has 13 nitrogen and oxygen atoms in total. The van der Waals surface area contributed by atoms with Crippen LogP contribution in [0.2, 0.25) is 5.02 Å². The highest BCUT2D eigenvalue weighted by Crippen LogP contribution is 2.47. The third-order valence-electron chi connectivity index (χ3n) is 11.9. The van der Waals surface area contributed by atoms with Gasteiger partial charge >= 0.3 is 12.2 Å². The smallest absolute Gasteiger partial charge is 0.410 e. The van der Waals surface area contributed by atoms with Gasteiger partial charge in [-0.25, -0.2) is 22.7 Å². The highest BCUT2D eigenvalue weighted by Gasteiger charge is 2.46. The predicted octanol–water partition coefficient (Wildman–Crippen LogP) is 6.07. The number of likely N-dealkylation sites (tertiary alicyclic amines) is 1. The molecule has 2 bridgehead atoms. The van der Waals surface area contributed by atoms with Crippen molar-refractivity contribution in [3.05, 3.63) is 64.7 Å². The number of hydrogen-bond acceptors (Lipinski definition) is 10. The van der Waals surface area contributed by atoms with Crippen LogP contribution in [-0.2, 0) is 40.9 Å². The van der Waals surface area contributed by atoms with Gasteiger partial charge in [-0.15, -0.1) is 0 Å². The molecule has 304 valence electrons. The van der Waals surface area contributed by atoms with Gasteiger partial charge in [-0.1, -0.05) is 23.7 Å². The molecule has 3 amide bonds. The van der Waals surface area contributed by atoms with E-state index in [1.54, 1.807) is 30.2 Å². The summed E-state index contributed by atoms with van der Waals surface area (Å²) in [5, 5.41) is 0.684. The number of nitrogens with one attached hydrogen (secondary N) is 1. The predicted molar refractivity (Wildman–Crippen MR) is 211 cm³/mol. The topological polar surface area (TPSA) is 144 Å². The molecule has 1 saturated carbocycles. The quantitative estimate of drug-likeness (QED) is 0.356. The zero-order valence-corrected chi connectivity index (χ0v) is 34.6. The van der Waals surface area contributed by atoms with Crippen LogP contribution >= 0.6 is 11.6 Å². The number of hydrogen-bond donors (Lipinski definition) is 1. The maximum atomic E-state index is 13.7. The van der Waals surface area contributed by atoms with Gasteiger partial charge < -0.3 is 33.6 Å². The van der Waals surface area contributed by atoms with Crippen molar-refractivity contribution in [2.24, 2.45) is 11.8 Å². The number of fused-ring (bicyclic) bond motifs is 4. The molecule has 2 aromatic rings.